The molecule has 1 amide bonds. The molecule has 10 rings (SSSR count). The SMILES string of the molecule is CC(C)n1cnnc1-c1cccc(N)n1.CC(C)n1cnnc1-c1cccc(NC(=O)c2cc3sc(N4CCCCC4)nc3cn2)n1.O=C(O)c1cc2sc(N3CCCCC3)nc2cn1. The zero-order valence-corrected chi connectivity index (χ0v) is 38.2. The molecule has 4 N–H and O–H groups in total. The summed E-state index contributed by atoms with van der Waals surface area (Å²) in [6.07, 6.45) is 14.0. The zero-order chi connectivity index (χ0) is 45.5. The van der Waals surface area contributed by atoms with Crippen molar-refractivity contribution in [2.45, 2.75) is 78.3 Å². The van der Waals surface area contributed by atoms with Crippen molar-refractivity contribution in [3.63, 3.8) is 0 Å². The number of carbonyl (C=O) groups excluding carboxylic acids is 1. The Morgan fingerprint density at radius 3 is 1.66 bits per heavy atom. The number of aromatic carboxylic acids is 1. The quantitative estimate of drug-likeness (QED) is 0.124. The van der Waals surface area contributed by atoms with Gasteiger partial charge in [0, 0.05) is 38.3 Å². The molecule has 2 saturated heterocycles. The summed E-state index contributed by atoms with van der Waals surface area (Å²) in [4.78, 5) is 54.5. The fourth-order valence-corrected chi connectivity index (χ4v) is 9.37. The van der Waals surface area contributed by atoms with E-state index in [1.54, 1.807) is 72.0 Å². The summed E-state index contributed by atoms with van der Waals surface area (Å²) in [5, 5.41) is 29.8. The average Bonchev–Trinajstić information content (AvgIpc) is 4.16. The topological polar surface area (TPSA) is 238 Å². The second-order valence-corrected chi connectivity index (χ2v) is 18.1. The highest BCUT2D eigenvalue weighted by Crippen LogP contribution is 2.32. The van der Waals surface area contributed by atoms with Crippen molar-refractivity contribution in [2.75, 3.05) is 47.0 Å². The molecule has 21 heteroatoms. The molecule has 0 unspecified atom stereocenters. The van der Waals surface area contributed by atoms with E-state index in [4.69, 9.17) is 15.8 Å². The van der Waals surface area contributed by atoms with Crippen LogP contribution in [0, 0.1) is 0 Å². The first-order chi connectivity index (χ1) is 31.5. The van der Waals surface area contributed by atoms with Crippen LogP contribution in [0.4, 0.5) is 21.9 Å². The third-order valence-electron chi connectivity index (χ3n) is 10.7. The highest BCUT2D eigenvalue weighted by molar-refractivity contribution is 7.22. The van der Waals surface area contributed by atoms with Gasteiger partial charge in [-0.25, -0.2) is 34.7 Å². The molecule has 65 heavy (non-hydrogen) atoms. The van der Waals surface area contributed by atoms with Gasteiger partial charge in [-0.05, 0) is 103 Å². The van der Waals surface area contributed by atoms with E-state index in [0.717, 1.165) is 68.4 Å². The van der Waals surface area contributed by atoms with Crippen molar-refractivity contribution >= 4 is 76.9 Å². The lowest BCUT2D eigenvalue weighted by Gasteiger charge is -2.25. The molecular weight excluding hydrogens is 865 g/mol. The average molecular weight is 915 g/mol. The van der Waals surface area contributed by atoms with Gasteiger partial charge in [-0.3, -0.25) is 4.79 Å². The Morgan fingerprint density at radius 2 is 1.15 bits per heavy atom. The summed E-state index contributed by atoms with van der Waals surface area (Å²) < 4.78 is 5.75. The minimum Gasteiger partial charge on any atom is -0.477 e. The lowest BCUT2D eigenvalue weighted by Crippen LogP contribution is -2.29. The van der Waals surface area contributed by atoms with Crippen LogP contribution in [0.5, 0.6) is 0 Å². The molecule has 0 atom stereocenters. The molecule has 0 radical (unpaired) electrons. The van der Waals surface area contributed by atoms with Crippen LogP contribution in [0.3, 0.4) is 0 Å². The van der Waals surface area contributed by atoms with E-state index in [1.165, 1.54) is 38.5 Å². The number of carboxylic acids is 1. The van der Waals surface area contributed by atoms with Crippen molar-refractivity contribution in [3.8, 4) is 23.0 Å². The highest BCUT2D eigenvalue weighted by atomic mass is 32.1. The van der Waals surface area contributed by atoms with Crippen molar-refractivity contribution < 1.29 is 14.7 Å². The maximum Gasteiger partial charge on any atom is 0.354 e. The normalized spacial score (nSPS) is 14.0. The van der Waals surface area contributed by atoms with Gasteiger partial charge >= 0.3 is 5.97 Å². The highest BCUT2D eigenvalue weighted by Gasteiger charge is 2.19. The summed E-state index contributed by atoms with van der Waals surface area (Å²) in [6, 6.07) is 14.8. The van der Waals surface area contributed by atoms with E-state index in [1.807, 2.05) is 33.4 Å². The summed E-state index contributed by atoms with van der Waals surface area (Å²) in [5.41, 5.74) is 9.04. The number of anilines is 4. The van der Waals surface area contributed by atoms with Crippen LogP contribution >= 0.6 is 22.7 Å². The summed E-state index contributed by atoms with van der Waals surface area (Å²) in [6.45, 7) is 12.4. The van der Waals surface area contributed by atoms with Crippen LogP contribution in [-0.2, 0) is 0 Å². The molecule has 19 nitrogen and oxygen atoms in total. The van der Waals surface area contributed by atoms with E-state index in [9.17, 15) is 9.59 Å². The second kappa shape index (κ2) is 20.2. The molecule has 336 valence electrons. The maximum absolute atomic E-state index is 12.9. The Bertz CT molecular complexity index is 2890. The molecule has 8 aromatic heterocycles. The molecule has 0 bridgehead atoms. The Morgan fingerprint density at radius 1 is 0.662 bits per heavy atom. The van der Waals surface area contributed by atoms with Gasteiger partial charge < -0.3 is 35.1 Å². The fraction of sp³-hybridized carbons (Fsp3) is 0.364. The number of rotatable bonds is 9. The minimum absolute atomic E-state index is 0.0799. The third kappa shape index (κ3) is 10.7. The Hall–Kier alpha value is -7.00. The van der Waals surface area contributed by atoms with Crippen molar-refractivity contribution in [3.05, 3.63) is 85.0 Å². The molecule has 0 spiro atoms. The van der Waals surface area contributed by atoms with Gasteiger partial charge in [-0.15, -0.1) is 20.4 Å². The predicted molar refractivity (Wildman–Crippen MR) is 254 cm³/mol. The number of hydrogen-bond acceptors (Lipinski definition) is 17. The van der Waals surface area contributed by atoms with E-state index in [-0.39, 0.29) is 17.6 Å². The first kappa shape index (κ1) is 44.6. The number of nitrogens with two attached hydrogens (primary N) is 1. The Labute approximate surface area is 382 Å². The van der Waals surface area contributed by atoms with Crippen LogP contribution in [0.15, 0.2) is 73.6 Å². The molecule has 8 aromatic rings. The van der Waals surface area contributed by atoms with Crippen molar-refractivity contribution in [1.82, 2.24) is 59.4 Å². The van der Waals surface area contributed by atoms with Gasteiger partial charge in [0.2, 0.25) is 0 Å². The number of fused-ring (bicyclic) bond motifs is 2. The molecule has 2 aliphatic heterocycles. The van der Waals surface area contributed by atoms with Gasteiger partial charge in [-0.2, -0.15) is 0 Å². The largest absolute Gasteiger partial charge is 0.477 e. The van der Waals surface area contributed by atoms with Crippen LogP contribution in [0.2, 0.25) is 0 Å². The monoisotopic (exact) mass is 914 g/mol. The zero-order valence-electron chi connectivity index (χ0n) is 36.6. The number of piperidine rings is 2. The number of thiazole rings is 2. The standard InChI is InChI=1S/C22H24N8OS.C12H13N3O2S.C10H13N5/c1-14(2)30-13-24-28-20(30)15-7-6-8-19(25-15)27-21(31)16-11-18-17(12-23-16)26-22(32-18)29-9-4-3-5-10-29;16-11(17)8-6-10-9(7-13-8)14-12(18-10)15-4-2-1-3-5-15;1-7(2)15-6-12-14-10(15)8-4-3-5-9(11)13-8/h6-8,11-14H,3-5,9-10H2,1-2H3,(H,25,27,31);6-7H,1-5H2,(H,16,17);3-7H,1-2H3,(H2,11,13). The number of pyridine rings is 4. The molecule has 0 aromatic carbocycles. The third-order valence-corrected chi connectivity index (χ3v) is 12.9. The van der Waals surface area contributed by atoms with E-state index < -0.39 is 5.97 Å². The van der Waals surface area contributed by atoms with E-state index in [2.05, 4.69) is 88.1 Å². The number of nitrogen functional groups attached to an aromatic ring is 1. The number of nitrogens with zero attached hydrogens (tertiary/aromatic N) is 14. The molecule has 2 aliphatic rings. The Kier molecular flexibility index (Phi) is 13.9. The van der Waals surface area contributed by atoms with Crippen molar-refractivity contribution in [2.24, 2.45) is 0 Å². The molecule has 10 heterocycles. The number of amides is 1. The van der Waals surface area contributed by atoms with Crippen LogP contribution in [0.25, 0.3) is 43.5 Å². The molecule has 2 fully saturated rings. The van der Waals surface area contributed by atoms with Crippen molar-refractivity contribution in [1.29, 1.82) is 0 Å². The first-order valence-electron chi connectivity index (χ1n) is 21.6. The smallest absolute Gasteiger partial charge is 0.354 e. The molecule has 0 saturated carbocycles. The van der Waals surface area contributed by atoms with Crippen LogP contribution in [-0.4, -0.2) is 103 Å². The maximum atomic E-state index is 12.9. The van der Waals surface area contributed by atoms with Gasteiger partial charge in [0.1, 0.15) is 58.1 Å². The minimum atomic E-state index is -0.996. The lowest BCUT2D eigenvalue weighted by molar-refractivity contribution is 0.0690. The van der Waals surface area contributed by atoms with E-state index in [0.29, 0.717) is 34.9 Å². The van der Waals surface area contributed by atoms with Gasteiger partial charge in [-0.1, -0.05) is 34.8 Å². The predicted octanol–water partition coefficient (Wildman–Crippen LogP) is 8.05. The summed E-state index contributed by atoms with van der Waals surface area (Å²) in [5.74, 6) is 1.03. The number of carboxylic acid groups (broad SMARTS) is 1. The summed E-state index contributed by atoms with van der Waals surface area (Å²) >= 11 is 3.15. The fourth-order valence-electron chi connectivity index (χ4n) is 7.31. The number of aromatic nitrogens is 12. The number of hydrogen-bond donors (Lipinski definition) is 3. The number of nitrogens with one attached hydrogen (secondary N) is 1. The summed E-state index contributed by atoms with van der Waals surface area (Å²) in [7, 11) is 0. The van der Waals surface area contributed by atoms with Gasteiger partial charge in [0.05, 0.1) is 21.8 Å². The number of carbonyl (C=O) groups is 2. The van der Waals surface area contributed by atoms with Crippen LogP contribution in [0.1, 0.15) is 99.3 Å². The van der Waals surface area contributed by atoms with E-state index >= 15 is 0 Å². The lowest BCUT2D eigenvalue weighted by atomic mass is 10.1. The van der Waals surface area contributed by atoms with Gasteiger partial charge in [0.15, 0.2) is 21.9 Å². The van der Waals surface area contributed by atoms with Crippen LogP contribution < -0.4 is 20.9 Å². The second-order valence-electron chi connectivity index (χ2n) is 16.1. The molecular formula is C44H50N16O3S2. The Balaban J connectivity index is 0.000000147. The first-order valence-corrected chi connectivity index (χ1v) is 23.2. The van der Waals surface area contributed by atoms with Gasteiger partial charge in [0.25, 0.3) is 5.91 Å². The molecule has 0 aliphatic carbocycles.